The third-order valence-corrected chi connectivity index (χ3v) is 1.59. The van der Waals surface area contributed by atoms with Gasteiger partial charge in [0.1, 0.15) is 0 Å². The summed E-state index contributed by atoms with van der Waals surface area (Å²) in [6.07, 6.45) is 6.56. The fourth-order valence-corrected chi connectivity index (χ4v) is 1.02. The Bertz CT molecular complexity index is 345. The van der Waals surface area contributed by atoms with E-state index in [-0.39, 0.29) is 5.97 Å². The first-order valence-electron chi connectivity index (χ1n) is 4.49. The summed E-state index contributed by atoms with van der Waals surface area (Å²) < 4.78 is 4.75. The molecule has 0 unspecified atom stereocenters. The molecule has 1 rings (SSSR count). The van der Waals surface area contributed by atoms with Crippen LogP contribution < -0.4 is 0 Å². The van der Waals surface area contributed by atoms with Gasteiger partial charge >= 0.3 is 5.97 Å². The highest BCUT2D eigenvalue weighted by molar-refractivity contribution is 5.86. The van der Waals surface area contributed by atoms with Gasteiger partial charge in [0.25, 0.3) is 0 Å². The standard InChI is InChI=1S/C11H13NO2/c1-3-14-11(13)5-4-10-6-9(2)7-12-8-10/h4-8H,3H2,1-2H3. The molecular formula is C11H13NO2. The van der Waals surface area contributed by atoms with Gasteiger partial charge in [-0.05, 0) is 37.1 Å². The molecule has 0 radical (unpaired) electrons. The lowest BCUT2D eigenvalue weighted by Crippen LogP contribution is -1.98. The van der Waals surface area contributed by atoms with E-state index in [0.717, 1.165) is 11.1 Å². The quantitative estimate of drug-likeness (QED) is 0.541. The number of aryl methyl sites for hydroxylation is 1. The number of pyridine rings is 1. The fraction of sp³-hybridized carbons (Fsp3) is 0.273. The van der Waals surface area contributed by atoms with Gasteiger partial charge in [-0.25, -0.2) is 4.79 Å². The average molecular weight is 191 g/mol. The summed E-state index contributed by atoms with van der Waals surface area (Å²) in [6, 6.07) is 1.95. The fourth-order valence-electron chi connectivity index (χ4n) is 1.02. The van der Waals surface area contributed by atoms with Crippen molar-refractivity contribution in [1.29, 1.82) is 0 Å². The molecular weight excluding hydrogens is 178 g/mol. The van der Waals surface area contributed by atoms with Crippen LogP contribution in [0, 0.1) is 6.92 Å². The summed E-state index contributed by atoms with van der Waals surface area (Å²) in [4.78, 5) is 15.0. The van der Waals surface area contributed by atoms with Crippen LogP contribution in [0.25, 0.3) is 6.08 Å². The van der Waals surface area contributed by atoms with Crippen LogP contribution in [0.5, 0.6) is 0 Å². The Hall–Kier alpha value is -1.64. The normalized spacial score (nSPS) is 10.4. The second-order valence-electron chi connectivity index (χ2n) is 2.88. The third-order valence-electron chi connectivity index (χ3n) is 1.59. The molecule has 0 spiro atoms. The number of hydrogen-bond acceptors (Lipinski definition) is 3. The Morgan fingerprint density at radius 3 is 3.00 bits per heavy atom. The smallest absolute Gasteiger partial charge is 0.330 e. The maximum absolute atomic E-state index is 11.0. The third kappa shape index (κ3) is 3.39. The van der Waals surface area contributed by atoms with Gasteiger partial charge in [0.05, 0.1) is 6.61 Å². The van der Waals surface area contributed by atoms with Crippen LogP contribution >= 0.6 is 0 Å². The summed E-state index contributed by atoms with van der Waals surface area (Å²) in [6.45, 7) is 4.13. The lowest BCUT2D eigenvalue weighted by atomic mass is 10.2. The Kier molecular flexibility index (Phi) is 3.85. The van der Waals surface area contributed by atoms with Gasteiger partial charge in [0.2, 0.25) is 0 Å². The molecule has 3 nitrogen and oxygen atoms in total. The van der Waals surface area contributed by atoms with Crippen molar-refractivity contribution in [3.63, 3.8) is 0 Å². The van der Waals surface area contributed by atoms with Crippen molar-refractivity contribution in [3.05, 3.63) is 35.7 Å². The summed E-state index contributed by atoms with van der Waals surface area (Å²) in [5, 5.41) is 0. The predicted octanol–water partition coefficient (Wildman–Crippen LogP) is 1.97. The second kappa shape index (κ2) is 5.17. The van der Waals surface area contributed by atoms with Gasteiger partial charge < -0.3 is 4.74 Å². The summed E-state index contributed by atoms with van der Waals surface area (Å²) in [7, 11) is 0. The largest absolute Gasteiger partial charge is 0.463 e. The molecule has 3 heteroatoms. The number of rotatable bonds is 3. The van der Waals surface area contributed by atoms with E-state index in [1.807, 2.05) is 13.0 Å². The molecule has 0 aromatic carbocycles. The van der Waals surface area contributed by atoms with E-state index in [9.17, 15) is 4.79 Å². The highest BCUT2D eigenvalue weighted by atomic mass is 16.5. The van der Waals surface area contributed by atoms with Crippen molar-refractivity contribution < 1.29 is 9.53 Å². The van der Waals surface area contributed by atoms with Crippen LogP contribution in [0.3, 0.4) is 0 Å². The van der Waals surface area contributed by atoms with Crippen LogP contribution in [0.15, 0.2) is 24.5 Å². The van der Waals surface area contributed by atoms with E-state index in [1.165, 1.54) is 6.08 Å². The number of carbonyl (C=O) groups excluding carboxylic acids is 1. The zero-order chi connectivity index (χ0) is 10.4. The van der Waals surface area contributed by atoms with Crippen LogP contribution in [0.2, 0.25) is 0 Å². The molecule has 14 heavy (non-hydrogen) atoms. The molecule has 74 valence electrons. The number of esters is 1. The molecule has 0 aliphatic rings. The second-order valence-corrected chi connectivity index (χ2v) is 2.88. The molecule has 0 N–H and O–H groups in total. The topological polar surface area (TPSA) is 39.2 Å². The van der Waals surface area contributed by atoms with Gasteiger partial charge in [-0.1, -0.05) is 0 Å². The minimum atomic E-state index is -0.325. The molecule has 0 aliphatic carbocycles. The highest BCUT2D eigenvalue weighted by Crippen LogP contribution is 2.03. The Balaban J connectivity index is 2.64. The SMILES string of the molecule is CCOC(=O)C=Cc1cncc(C)c1. The van der Waals surface area contributed by atoms with E-state index >= 15 is 0 Å². The molecule has 0 saturated carbocycles. The van der Waals surface area contributed by atoms with Gasteiger partial charge in [0.15, 0.2) is 0 Å². The molecule has 0 amide bonds. The summed E-state index contributed by atoms with van der Waals surface area (Å²) >= 11 is 0. The molecule has 0 saturated heterocycles. The van der Waals surface area contributed by atoms with Gasteiger partial charge in [-0.2, -0.15) is 0 Å². The van der Waals surface area contributed by atoms with Gasteiger partial charge in [0, 0.05) is 18.5 Å². The van der Waals surface area contributed by atoms with E-state index < -0.39 is 0 Å². The van der Waals surface area contributed by atoms with Crippen molar-refractivity contribution in [2.24, 2.45) is 0 Å². The Morgan fingerprint density at radius 1 is 1.57 bits per heavy atom. The molecule has 1 aromatic heterocycles. The number of aromatic nitrogens is 1. The number of carbonyl (C=O) groups is 1. The zero-order valence-electron chi connectivity index (χ0n) is 8.36. The molecule has 1 aromatic rings. The number of nitrogens with zero attached hydrogens (tertiary/aromatic N) is 1. The maximum Gasteiger partial charge on any atom is 0.330 e. The maximum atomic E-state index is 11.0. The van der Waals surface area contributed by atoms with E-state index in [0.29, 0.717) is 6.61 Å². The average Bonchev–Trinajstić information content (AvgIpc) is 2.15. The van der Waals surface area contributed by atoms with Crippen LogP contribution in [0.1, 0.15) is 18.1 Å². The van der Waals surface area contributed by atoms with Crippen LogP contribution in [-0.2, 0) is 9.53 Å². The van der Waals surface area contributed by atoms with Crippen molar-refractivity contribution >= 4 is 12.0 Å². The lowest BCUT2D eigenvalue weighted by molar-refractivity contribution is -0.137. The Labute approximate surface area is 83.4 Å². The van der Waals surface area contributed by atoms with E-state index in [4.69, 9.17) is 4.74 Å². The predicted molar refractivity (Wildman–Crippen MR) is 54.6 cm³/mol. The monoisotopic (exact) mass is 191 g/mol. The minimum Gasteiger partial charge on any atom is -0.463 e. The van der Waals surface area contributed by atoms with Gasteiger partial charge in [-0.3, -0.25) is 4.98 Å². The number of hydrogen-bond donors (Lipinski definition) is 0. The molecule has 0 bridgehead atoms. The molecule has 0 fully saturated rings. The lowest BCUT2D eigenvalue weighted by Gasteiger charge is -1.96. The van der Waals surface area contributed by atoms with Crippen molar-refractivity contribution in [2.75, 3.05) is 6.61 Å². The zero-order valence-corrected chi connectivity index (χ0v) is 8.36. The molecule has 1 heterocycles. The highest BCUT2D eigenvalue weighted by Gasteiger charge is 1.94. The minimum absolute atomic E-state index is 0.325. The van der Waals surface area contributed by atoms with Crippen molar-refractivity contribution in [2.45, 2.75) is 13.8 Å². The summed E-state index contributed by atoms with van der Waals surface area (Å²) in [5.41, 5.74) is 1.97. The Morgan fingerprint density at radius 2 is 2.36 bits per heavy atom. The van der Waals surface area contributed by atoms with Crippen LogP contribution in [-0.4, -0.2) is 17.6 Å². The van der Waals surface area contributed by atoms with Gasteiger partial charge in [-0.15, -0.1) is 0 Å². The van der Waals surface area contributed by atoms with Crippen LogP contribution in [0.4, 0.5) is 0 Å². The molecule has 0 aliphatic heterocycles. The first-order chi connectivity index (χ1) is 6.72. The van der Waals surface area contributed by atoms with Crippen molar-refractivity contribution in [3.8, 4) is 0 Å². The number of ether oxygens (including phenoxy) is 1. The van der Waals surface area contributed by atoms with Crippen molar-refractivity contribution in [1.82, 2.24) is 4.98 Å². The summed E-state index contributed by atoms with van der Waals surface area (Å²) in [5.74, 6) is -0.325. The first kappa shape index (κ1) is 10.4. The van der Waals surface area contributed by atoms with E-state index in [2.05, 4.69) is 4.98 Å². The molecule has 0 atom stereocenters. The first-order valence-corrected chi connectivity index (χ1v) is 4.49. The van der Waals surface area contributed by atoms with E-state index in [1.54, 1.807) is 25.4 Å².